The van der Waals surface area contributed by atoms with Crippen molar-refractivity contribution in [3.8, 4) is 23.0 Å². The third-order valence-corrected chi connectivity index (χ3v) is 5.20. The van der Waals surface area contributed by atoms with Crippen molar-refractivity contribution in [3.63, 3.8) is 0 Å². The van der Waals surface area contributed by atoms with Crippen molar-refractivity contribution < 1.29 is 18.9 Å². The molecule has 0 N–H and O–H groups in total. The molecular formula is C20H19NO4. The van der Waals surface area contributed by atoms with Crippen molar-refractivity contribution in [2.45, 2.75) is 13.0 Å². The summed E-state index contributed by atoms with van der Waals surface area (Å²) in [5.74, 6) is 3.29. The molecule has 0 radical (unpaired) electrons. The van der Waals surface area contributed by atoms with E-state index in [2.05, 4.69) is 29.2 Å². The van der Waals surface area contributed by atoms with Crippen LogP contribution in [-0.2, 0) is 13.0 Å². The first kappa shape index (κ1) is 14.5. The van der Waals surface area contributed by atoms with Gasteiger partial charge in [-0.1, -0.05) is 6.07 Å². The highest BCUT2D eigenvalue weighted by Gasteiger charge is 2.30. The molecule has 0 saturated carbocycles. The molecule has 0 aliphatic carbocycles. The second kappa shape index (κ2) is 5.34. The van der Waals surface area contributed by atoms with Crippen molar-refractivity contribution in [3.05, 3.63) is 46.5 Å². The molecule has 5 rings (SSSR count). The first-order chi connectivity index (χ1) is 12.3. The second-order valence-electron chi connectivity index (χ2n) is 6.43. The Morgan fingerprint density at radius 1 is 1.04 bits per heavy atom. The minimum Gasteiger partial charge on any atom is -0.493 e. The molecule has 0 atom stereocenters. The largest absolute Gasteiger partial charge is 0.493 e. The van der Waals surface area contributed by atoms with Crippen LogP contribution >= 0.6 is 0 Å². The van der Waals surface area contributed by atoms with Crippen molar-refractivity contribution in [2.24, 2.45) is 0 Å². The fourth-order valence-corrected chi connectivity index (χ4v) is 3.93. The average Bonchev–Trinajstić information content (AvgIpc) is 3.14. The number of hydrogen-bond donors (Lipinski definition) is 0. The number of nitrogens with zero attached hydrogens (tertiary/aromatic N) is 1. The van der Waals surface area contributed by atoms with Crippen LogP contribution in [0.25, 0.3) is 11.8 Å². The zero-order chi connectivity index (χ0) is 17.0. The molecule has 0 bridgehead atoms. The van der Waals surface area contributed by atoms with Gasteiger partial charge in [-0.05, 0) is 41.8 Å². The molecule has 3 aliphatic rings. The van der Waals surface area contributed by atoms with E-state index in [-0.39, 0.29) is 0 Å². The summed E-state index contributed by atoms with van der Waals surface area (Å²) in [5, 5.41) is 0. The van der Waals surface area contributed by atoms with Crippen LogP contribution in [0.1, 0.15) is 22.3 Å². The van der Waals surface area contributed by atoms with Gasteiger partial charge in [0.15, 0.2) is 23.0 Å². The minimum atomic E-state index is 0.308. The number of fused-ring (bicyclic) bond motifs is 6. The van der Waals surface area contributed by atoms with Gasteiger partial charge in [0.2, 0.25) is 6.79 Å². The molecule has 5 nitrogen and oxygen atoms in total. The third kappa shape index (κ3) is 2.08. The number of benzene rings is 2. The van der Waals surface area contributed by atoms with Gasteiger partial charge in [-0.3, -0.25) is 0 Å². The molecule has 0 amide bonds. The molecule has 5 heteroatoms. The van der Waals surface area contributed by atoms with Crippen molar-refractivity contribution in [2.75, 3.05) is 27.6 Å². The van der Waals surface area contributed by atoms with E-state index in [4.69, 9.17) is 18.9 Å². The van der Waals surface area contributed by atoms with Gasteiger partial charge < -0.3 is 23.8 Å². The molecule has 25 heavy (non-hydrogen) atoms. The lowest BCUT2D eigenvalue weighted by atomic mass is 9.90. The molecule has 3 heterocycles. The fourth-order valence-electron chi connectivity index (χ4n) is 3.93. The maximum Gasteiger partial charge on any atom is 0.231 e. The van der Waals surface area contributed by atoms with Crippen LogP contribution in [0.3, 0.4) is 0 Å². The van der Waals surface area contributed by atoms with Crippen LogP contribution in [0.4, 0.5) is 0 Å². The molecular weight excluding hydrogens is 318 g/mol. The van der Waals surface area contributed by atoms with E-state index in [0.717, 1.165) is 42.5 Å². The fraction of sp³-hybridized carbons (Fsp3) is 0.300. The summed E-state index contributed by atoms with van der Waals surface area (Å²) < 4.78 is 22.2. The number of methoxy groups -OCH3 is 2. The van der Waals surface area contributed by atoms with E-state index >= 15 is 0 Å². The van der Waals surface area contributed by atoms with Gasteiger partial charge in [0.25, 0.3) is 0 Å². The van der Waals surface area contributed by atoms with Crippen LogP contribution in [0.15, 0.2) is 24.3 Å². The van der Waals surface area contributed by atoms with Gasteiger partial charge in [0.1, 0.15) is 0 Å². The zero-order valence-corrected chi connectivity index (χ0v) is 14.3. The summed E-state index contributed by atoms with van der Waals surface area (Å²) in [5.41, 5.74) is 6.14. The number of hydrogen-bond acceptors (Lipinski definition) is 5. The Morgan fingerprint density at radius 2 is 1.88 bits per heavy atom. The quantitative estimate of drug-likeness (QED) is 0.841. The van der Waals surface area contributed by atoms with Crippen LogP contribution in [-0.4, -0.2) is 32.5 Å². The van der Waals surface area contributed by atoms with E-state index in [0.29, 0.717) is 6.79 Å². The van der Waals surface area contributed by atoms with E-state index in [1.165, 1.54) is 28.0 Å². The third-order valence-electron chi connectivity index (χ3n) is 5.20. The van der Waals surface area contributed by atoms with Gasteiger partial charge in [0.05, 0.1) is 14.2 Å². The Bertz CT molecular complexity index is 903. The van der Waals surface area contributed by atoms with Crippen LogP contribution in [0.5, 0.6) is 23.0 Å². The Labute approximate surface area is 146 Å². The van der Waals surface area contributed by atoms with Crippen molar-refractivity contribution in [1.29, 1.82) is 0 Å². The minimum absolute atomic E-state index is 0.308. The maximum absolute atomic E-state index is 5.70. The van der Waals surface area contributed by atoms with Gasteiger partial charge in [-0.2, -0.15) is 0 Å². The lowest BCUT2D eigenvalue weighted by Crippen LogP contribution is -2.31. The van der Waals surface area contributed by atoms with Crippen LogP contribution in [0.2, 0.25) is 0 Å². The molecule has 3 aliphatic heterocycles. The second-order valence-corrected chi connectivity index (χ2v) is 6.43. The summed E-state index contributed by atoms with van der Waals surface area (Å²) in [7, 11) is 3.36. The summed E-state index contributed by atoms with van der Waals surface area (Å²) >= 11 is 0. The maximum atomic E-state index is 5.70. The molecule has 0 aromatic heterocycles. The van der Waals surface area contributed by atoms with E-state index in [1.807, 2.05) is 6.07 Å². The standard InChI is InChI=1S/C20H19NO4/c1-22-18-8-13-5-6-21-10-15-12(3-4-17-20(15)25-11-24-17)7-16(21)14(13)9-19(18)23-2/h3-4,7-9H,5-6,10-11H2,1-2H3. The summed E-state index contributed by atoms with van der Waals surface area (Å²) in [6.45, 7) is 2.11. The monoisotopic (exact) mass is 337 g/mol. The first-order valence-corrected chi connectivity index (χ1v) is 8.42. The Balaban J connectivity index is 1.66. The molecule has 0 fully saturated rings. The summed E-state index contributed by atoms with van der Waals surface area (Å²) in [4.78, 5) is 2.40. The van der Waals surface area contributed by atoms with E-state index in [1.54, 1.807) is 14.2 Å². The highest BCUT2D eigenvalue weighted by Crippen LogP contribution is 2.45. The SMILES string of the molecule is COc1cc2c(cc1OC)C1=Cc3ccc4c(c3CN1CC2)OCO4. The van der Waals surface area contributed by atoms with E-state index in [9.17, 15) is 0 Å². The van der Waals surface area contributed by atoms with Gasteiger partial charge in [-0.15, -0.1) is 0 Å². The highest BCUT2D eigenvalue weighted by molar-refractivity contribution is 5.87. The summed E-state index contributed by atoms with van der Waals surface area (Å²) in [6, 6.07) is 8.29. The van der Waals surface area contributed by atoms with Gasteiger partial charge in [0, 0.05) is 29.9 Å². The lowest BCUT2D eigenvalue weighted by Gasteiger charge is -2.37. The smallest absolute Gasteiger partial charge is 0.231 e. The first-order valence-electron chi connectivity index (χ1n) is 8.42. The van der Waals surface area contributed by atoms with Crippen LogP contribution in [0, 0.1) is 0 Å². The van der Waals surface area contributed by atoms with E-state index < -0.39 is 0 Å². The zero-order valence-electron chi connectivity index (χ0n) is 14.3. The van der Waals surface area contributed by atoms with Gasteiger partial charge in [-0.25, -0.2) is 0 Å². The lowest BCUT2D eigenvalue weighted by molar-refractivity contribution is 0.172. The predicted octanol–water partition coefficient (Wildman–Crippen LogP) is 3.30. The normalized spacial score (nSPS) is 16.6. The molecule has 128 valence electrons. The predicted molar refractivity (Wildman–Crippen MR) is 94.1 cm³/mol. The summed E-state index contributed by atoms with van der Waals surface area (Å²) in [6.07, 6.45) is 3.22. The van der Waals surface area contributed by atoms with Crippen LogP contribution < -0.4 is 18.9 Å². The number of ether oxygens (including phenoxy) is 4. The number of rotatable bonds is 2. The van der Waals surface area contributed by atoms with Crippen molar-refractivity contribution in [1.82, 2.24) is 4.90 Å². The molecule has 0 saturated heterocycles. The molecule has 0 spiro atoms. The Kier molecular flexibility index (Phi) is 3.10. The Morgan fingerprint density at radius 3 is 2.72 bits per heavy atom. The Hall–Kier alpha value is -2.82. The highest BCUT2D eigenvalue weighted by atomic mass is 16.7. The molecule has 2 aromatic carbocycles. The van der Waals surface area contributed by atoms with Crippen molar-refractivity contribution >= 4 is 11.8 Å². The van der Waals surface area contributed by atoms with Gasteiger partial charge >= 0.3 is 0 Å². The topological polar surface area (TPSA) is 40.2 Å². The average molecular weight is 337 g/mol. The molecule has 2 aromatic rings. The molecule has 0 unspecified atom stereocenters.